The average Bonchev–Trinajstić information content (AvgIpc) is 3.29. The third-order valence-corrected chi connectivity index (χ3v) is 10.3. The highest BCUT2D eigenvalue weighted by Crippen LogP contribution is 2.12. The Hall–Kier alpha value is -4.19. The zero-order valence-corrected chi connectivity index (χ0v) is 41.0. The van der Waals surface area contributed by atoms with Gasteiger partial charge < -0.3 is 14.2 Å². The van der Waals surface area contributed by atoms with Gasteiger partial charge in [-0.2, -0.15) is 0 Å². The summed E-state index contributed by atoms with van der Waals surface area (Å²) < 4.78 is 16.7. The predicted octanol–water partition coefficient (Wildman–Crippen LogP) is 16.9. The molecule has 0 fully saturated rings. The Morgan fingerprint density at radius 2 is 0.688 bits per heavy atom. The SMILES string of the molecule is CC/C=C\C/C=C\C/C=C\C/C=C\C/C=C\CCCCCC(=O)OCC(COC(=O)CCC/C=C\CCCCCC)OC(=O)CCCCCCC\C=C/C=C\C=C/C=C\CCCCC. The van der Waals surface area contributed by atoms with Gasteiger partial charge in [0.1, 0.15) is 13.2 Å². The maximum Gasteiger partial charge on any atom is 0.306 e. The third kappa shape index (κ3) is 48.8. The Kier molecular flexibility index (Phi) is 48.1. The number of carbonyl (C=O) groups excluding carboxylic acids is 3. The van der Waals surface area contributed by atoms with E-state index in [4.69, 9.17) is 14.2 Å². The molecule has 64 heavy (non-hydrogen) atoms. The van der Waals surface area contributed by atoms with E-state index in [1.54, 1.807) is 0 Å². The third-order valence-electron chi connectivity index (χ3n) is 10.3. The first kappa shape index (κ1) is 59.8. The second kappa shape index (κ2) is 51.4. The van der Waals surface area contributed by atoms with Gasteiger partial charge in [0, 0.05) is 19.3 Å². The van der Waals surface area contributed by atoms with Crippen molar-refractivity contribution in [2.24, 2.45) is 0 Å². The van der Waals surface area contributed by atoms with Gasteiger partial charge in [-0.05, 0) is 109 Å². The van der Waals surface area contributed by atoms with Crippen LogP contribution in [0.3, 0.4) is 0 Å². The van der Waals surface area contributed by atoms with Gasteiger partial charge in [-0.25, -0.2) is 0 Å². The van der Waals surface area contributed by atoms with Crippen LogP contribution in [0.4, 0.5) is 0 Å². The van der Waals surface area contributed by atoms with Gasteiger partial charge in [0.15, 0.2) is 6.10 Å². The van der Waals surface area contributed by atoms with Gasteiger partial charge >= 0.3 is 17.9 Å². The monoisotopic (exact) mass is 885 g/mol. The minimum Gasteiger partial charge on any atom is -0.462 e. The molecule has 0 bridgehead atoms. The molecule has 0 aromatic carbocycles. The number of unbranched alkanes of at least 4 members (excludes halogenated alkanes) is 16. The van der Waals surface area contributed by atoms with E-state index < -0.39 is 6.10 Å². The van der Waals surface area contributed by atoms with Crippen molar-refractivity contribution in [2.45, 2.75) is 213 Å². The molecule has 360 valence electrons. The van der Waals surface area contributed by atoms with Crippen LogP contribution >= 0.6 is 0 Å². The number of hydrogen-bond acceptors (Lipinski definition) is 6. The van der Waals surface area contributed by atoms with Gasteiger partial charge in [0.25, 0.3) is 0 Å². The van der Waals surface area contributed by atoms with Crippen molar-refractivity contribution in [3.63, 3.8) is 0 Å². The molecule has 0 saturated carbocycles. The summed E-state index contributed by atoms with van der Waals surface area (Å²) in [5, 5.41) is 0. The molecule has 6 nitrogen and oxygen atoms in total. The van der Waals surface area contributed by atoms with Crippen LogP contribution in [-0.4, -0.2) is 37.2 Å². The molecule has 0 aromatic rings. The number of allylic oxidation sites excluding steroid dienone is 20. The summed E-state index contributed by atoms with van der Waals surface area (Å²) in [5.41, 5.74) is 0. The standard InChI is InChI=1S/C58H92O6/c1-4-7-10-13-16-19-21-23-25-27-29-31-32-34-36-39-42-45-48-51-57(60)63-54-55(53-62-56(59)50-47-44-41-38-18-15-12-9-6-3)64-58(61)52-49-46-43-40-37-35-33-30-28-26-24-22-20-17-14-11-8-5-2/h7,10,16-17,19-20,22-26,28-31,33-34,36,38,41,55H,4-6,8-9,11-15,18,21,27,32,35,37,39-40,42-54H2,1-3H3/b10-7-,19-16-,20-17-,24-22-,25-23-,28-26-,31-29-,33-30-,36-34-,41-38-. The number of esters is 3. The predicted molar refractivity (Wildman–Crippen MR) is 274 cm³/mol. The van der Waals surface area contributed by atoms with E-state index in [0.717, 1.165) is 116 Å². The minimum atomic E-state index is -0.818. The molecule has 6 heteroatoms. The lowest BCUT2D eigenvalue weighted by Gasteiger charge is -2.18. The van der Waals surface area contributed by atoms with Gasteiger partial charge in [0.2, 0.25) is 0 Å². The molecule has 0 amide bonds. The number of rotatable bonds is 44. The molecule has 0 spiro atoms. The first-order chi connectivity index (χ1) is 31.5. The van der Waals surface area contributed by atoms with E-state index in [1.807, 2.05) is 0 Å². The largest absolute Gasteiger partial charge is 0.462 e. The highest BCUT2D eigenvalue weighted by atomic mass is 16.6. The minimum absolute atomic E-state index is 0.117. The zero-order valence-electron chi connectivity index (χ0n) is 41.0. The molecule has 0 N–H and O–H groups in total. The van der Waals surface area contributed by atoms with E-state index in [9.17, 15) is 14.4 Å². The van der Waals surface area contributed by atoms with Gasteiger partial charge in [-0.15, -0.1) is 0 Å². The summed E-state index contributed by atoms with van der Waals surface area (Å²) in [6, 6.07) is 0. The van der Waals surface area contributed by atoms with Gasteiger partial charge in [-0.3, -0.25) is 14.4 Å². The summed E-state index contributed by atoms with van der Waals surface area (Å²) in [4.78, 5) is 37.9. The van der Waals surface area contributed by atoms with Crippen LogP contribution in [0.25, 0.3) is 0 Å². The Labute approximate surface area is 392 Å². The fraction of sp³-hybridized carbons (Fsp3) is 0.603. The van der Waals surface area contributed by atoms with Crippen LogP contribution in [0.5, 0.6) is 0 Å². The first-order valence-corrected chi connectivity index (χ1v) is 25.6. The van der Waals surface area contributed by atoms with Gasteiger partial charge in [-0.1, -0.05) is 200 Å². The van der Waals surface area contributed by atoms with Crippen LogP contribution < -0.4 is 0 Å². The Morgan fingerprint density at radius 3 is 1.22 bits per heavy atom. The molecular formula is C58H92O6. The van der Waals surface area contributed by atoms with E-state index in [0.29, 0.717) is 19.3 Å². The van der Waals surface area contributed by atoms with E-state index in [-0.39, 0.29) is 37.5 Å². The van der Waals surface area contributed by atoms with Crippen molar-refractivity contribution >= 4 is 17.9 Å². The number of carbonyl (C=O) groups is 3. The molecule has 0 rings (SSSR count). The van der Waals surface area contributed by atoms with Crippen molar-refractivity contribution in [2.75, 3.05) is 13.2 Å². The fourth-order valence-corrected chi connectivity index (χ4v) is 6.42. The van der Waals surface area contributed by atoms with E-state index in [1.165, 1.54) is 44.9 Å². The Balaban J connectivity index is 4.49. The van der Waals surface area contributed by atoms with E-state index >= 15 is 0 Å². The molecule has 0 aliphatic carbocycles. The van der Waals surface area contributed by atoms with Gasteiger partial charge in [0.05, 0.1) is 0 Å². The molecule has 0 saturated heterocycles. The summed E-state index contributed by atoms with van der Waals surface area (Å²) in [7, 11) is 0. The second-order valence-corrected chi connectivity index (χ2v) is 16.4. The van der Waals surface area contributed by atoms with Crippen molar-refractivity contribution in [3.8, 4) is 0 Å². The molecule has 1 unspecified atom stereocenters. The number of ether oxygens (including phenoxy) is 3. The first-order valence-electron chi connectivity index (χ1n) is 25.6. The van der Waals surface area contributed by atoms with Crippen LogP contribution in [-0.2, 0) is 28.6 Å². The van der Waals surface area contributed by atoms with Crippen LogP contribution in [0, 0.1) is 0 Å². The lowest BCUT2D eigenvalue weighted by atomic mass is 10.1. The van der Waals surface area contributed by atoms with Crippen molar-refractivity contribution in [3.05, 3.63) is 122 Å². The Morgan fingerprint density at radius 1 is 0.344 bits per heavy atom. The molecule has 0 aromatic heterocycles. The summed E-state index contributed by atoms with van der Waals surface area (Å²) in [6.45, 7) is 6.35. The average molecular weight is 885 g/mol. The smallest absolute Gasteiger partial charge is 0.306 e. The van der Waals surface area contributed by atoms with Crippen molar-refractivity contribution < 1.29 is 28.6 Å². The molecule has 0 aliphatic heterocycles. The van der Waals surface area contributed by atoms with Crippen molar-refractivity contribution in [1.82, 2.24) is 0 Å². The lowest BCUT2D eigenvalue weighted by molar-refractivity contribution is -0.167. The highest BCUT2D eigenvalue weighted by molar-refractivity contribution is 5.71. The topological polar surface area (TPSA) is 78.9 Å². The highest BCUT2D eigenvalue weighted by Gasteiger charge is 2.19. The fourth-order valence-electron chi connectivity index (χ4n) is 6.42. The summed E-state index contributed by atoms with van der Waals surface area (Å²) >= 11 is 0. The molecule has 0 heterocycles. The maximum atomic E-state index is 12.8. The quantitative estimate of drug-likeness (QED) is 0.0199. The summed E-state index contributed by atoms with van der Waals surface area (Å²) in [6.07, 6.45) is 70.4. The Bertz CT molecular complexity index is 1390. The number of hydrogen-bond donors (Lipinski definition) is 0. The zero-order chi connectivity index (χ0) is 46.5. The van der Waals surface area contributed by atoms with Crippen LogP contribution in [0.15, 0.2) is 122 Å². The molecule has 0 aliphatic rings. The summed E-state index contributed by atoms with van der Waals surface area (Å²) in [5.74, 6) is -1.01. The molecule has 1 atom stereocenters. The second-order valence-electron chi connectivity index (χ2n) is 16.4. The molecule has 0 radical (unpaired) electrons. The van der Waals surface area contributed by atoms with E-state index in [2.05, 4.69) is 142 Å². The van der Waals surface area contributed by atoms with Crippen molar-refractivity contribution in [1.29, 1.82) is 0 Å². The normalized spacial score (nSPS) is 13.1. The lowest BCUT2D eigenvalue weighted by Crippen LogP contribution is -2.30. The molecular weight excluding hydrogens is 793 g/mol. The van der Waals surface area contributed by atoms with Crippen LogP contribution in [0.2, 0.25) is 0 Å². The van der Waals surface area contributed by atoms with Crippen LogP contribution in [0.1, 0.15) is 207 Å². The maximum absolute atomic E-state index is 12.8.